The zero-order valence-corrected chi connectivity index (χ0v) is 20.7. The number of aryl methyl sites for hydroxylation is 1. The van der Waals surface area contributed by atoms with E-state index in [-0.39, 0.29) is 29.2 Å². The molecular formula is C26H30FN6O3. The fraction of sp³-hybridized carbons (Fsp3) is 0.385. The summed E-state index contributed by atoms with van der Waals surface area (Å²) in [7, 11) is 3.33. The average Bonchev–Trinajstić information content (AvgIpc) is 3.55. The maximum atomic E-state index is 14.4. The van der Waals surface area contributed by atoms with Crippen LogP contribution in [0.4, 0.5) is 10.1 Å². The van der Waals surface area contributed by atoms with Crippen LogP contribution >= 0.6 is 0 Å². The minimum atomic E-state index is -0.506. The van der Waals surface area contributed by atoms with E-state index in [1.54, 1.807) is 39.2 Å². The standard InChI is InChI=1S/C26H30FN6O3/c1-16-9-12-19(29-22(34)7-5-4-6-8-23(35)32(2)3)26(36)33(16)15-21-30-24-18(27)14-28-20(25(24)31-21)13-17-10-11-17/h6-9,12,14,17H,4-5,10-11,13,15H2,1-3H3,(H,29,34)(H,30,31)/b8-6+. The second-order valence-corrected chi connectivity index (χ2v) is 9.29. The Hall–Kier alpha value is -3.82. The van der Waals surface area contributed by atoms with Crippen LogP contribution in [0.5, 0.6) is 0 Å². The van der Waals surface area contributed by atoms with Crippen LogP contribution in [0.3, 0.4) is 0 Å². The number of aromatic nitrogens is 4. The number of aromatic amines is 1. The van der Waals surface area contributed by atoms with Crippen LogP contribution in [0.15, 0.2) is 35.3 Å². The maximum absolute atomic E-state index is 14.4. The zero-order valence-electron chi connectivity index (χ0n) is 20.7. The Balaban J connectivity index is 1.44. The first-order valence-corrected chi connectivity index (χ1v) is 12.0. The molecule has 1 saturated carbocycles. The summed E-state index contributed by atoms with van der Waals surface area (Å²) in [6.45, 7) is 1.88. The van der Waals surface area contributed by atoms with Crippen molar-refractivity contribution in [2.45, 2.75) is 45.6 Å². The number of rotatable bonds is 10. The third-order valence-electron chi connectivity index (χ3n) is 6.10. The highest BCUT2D eigenvalue weighted by Gasteiger charge is 2.24. The fourth-order valence-electron chi connectivity index (χ4n) is 3.83. The number of carbonyl (C=O) groups is 2. The molecule has 1 aliphatic rings. The molecule has 4 rings (SSSR count). The van der Waals surface area contributed by atoms with Crippen molar-refractivity contribution in [3.63, 3.8) is 0 Å². The van der Waals surface area contributed by atoms with Gasteiger partial charge in [0.15, 0.2) is 5.82 Å². The van der Waals surface area contributed by atoms with Crippen molar-refractivity contribution < 1.29 is 14.0 Å². The first-order valence-electron chi connectivity index (χ1n) is 12.0. The molecule has 0 aliphatic heterocycles. The zero-order chi connectivity index (χ0) is 25.8. The Morgan fingerprint density at radius 1 is 1.28 bits per heavy atom. The molecule has 1 radical (unpaired) electrons. The van der Waals surface area contributed by atoms with E-state index in [0.29, 0.717) is 35.8 Å². The van der Waals surface area contributed by atoms with E-state index >= 15 is 0 Å². The summed E-state index contributed by atoms with van der Waals surface area (Å²) < 4.78 is 15.9. The Morgan fingerprint density at radius 2 is 2.06 bits per heavy atom. The van der Waals surface area contributed by atoms with Crippen molar-refractivity contribution in [3.8, 4) is 0 Å². The molecule has 0 bridgehead atoms. The molecule has 189 valence electrons. The molecule has 0 spiro atoms. The summed E-state index contributed by atoms with van der Waals surface area (Å²) in [5, 5.41) is 2.63. The fourth-order valence-corrected chi connectivity index (χ4v) is 3.83. The van der Waals surface area contributed by atoms with Crippen LogP contribution in [-0.2, 0) is 22.6 Å². The van der Waals surface area contributed by atoms with Gasteiger partial charge in [-0.3, -0.25) is 19.4 Å². The highest BCUT2D eigenvalue weighted by molar-refractivity contribution is 5.97. The van der Waals surface area contributed by atoms with Gasteiger partial charge in [0.25, 0.3) is 5.56 Å². The Bertz CT molecular complexity index is 1370. The molecule has 0 saturated heterocycles. The number of halogens is 1. The second-order valence-electron chi connectivity index (χ2n) is 9.29. The number of pyridine rings is 2. The lowest BCUT2D eigenvalue weighted by molar-refractivity contribution is -0.123. The first-order chi connectivity index (χ1) is 17.2. The largest absolute Gasteiger partial charge is 0.345 e. The molecule has 9 nitrogen and oxygen atoms in total. The number of likely N-dealkylation sites (N-methyl/N-ethyl adjacent to an activating group) is 1. The molecule has 2 amide bonds. The van der Waals surface area contributed by atoms with Gasteiger partial charge >= 0.3 is 0 Å². The van der Waals surface area contributed by atoms with E-state index in [2.05, 4.69) is 20.3 Å². The molecule has 1 fully saturated rings. The topological polar surface area (TPSA) is 113 Å². The van der Waals surface area contributed by atoms with E-state index in [4.69, 9.17) is 0 Å². The Kier molecular flexibility index (Phi) is 7.61. The number of nitrogens with one attached hydrogen (secondary N) is 2. The van der Waals surface area contributed by atoms with Gasteiger partial charge in [-0.2, -0.15) is 0 Å². The lowest BCUT2D eigenvalue weighted by Gasteiger charge is -2.11. The van der Waals surface area contributed by atoms with E-state index in [1.807, 2.05) is 0 Å². The molecular weight excluding hydrogens is 463 g/mol. The summed E-state index contributed by atoms with van der Waals surface area (Å²) in [5.41, 5.74) is 2.01. The monoisotopic (exact) mass is 493 g/mol. The van der Waals surface area contributed by atoms with Gasteiger partial charge in [0, 0.05) is 19.8 Å². The summed E-state index contributed by atoms with van der Waals surface area (Å²) in [4.78, 5) is 50.2. The number of unbranched alkanes of at least 4 members (excludes halogenated alkanes) is 1. The van der Waals surface area contributed by atoms with Crippen LogP contribution in [0.2, 0.25) is 0 Å². The predicted molar refractivity (Wildman–Crippen MR) is 135 cm³/mol. The molecule has 3 aromatic heterocycles. The lowest BCUT2D eigenvalue weighted by Crippen LogP contribution is -2.28. The van der Waals surface area contributed by atoms with Crippen LogP contribution in [0.25, 0.3) is 11.0 Å². The molecule has 0 unspecified atom stereocenters. The Morgan fingerprint density at radius 3 is 2.78 bits per heavy atom. The van der Waals surface area contributed by atoms with Crippen LogP contribution in [0.1, 0.15) is 42.9 Å². The van der Waals surface area contributed by atoms with Gasteiger partial charge in [-0.15, -0.1) is 0 Å². The van der Waals surface area contributed by atoms with Gasteiger partial charge in [-0.25, -0.2) is 9.37 Å². The normalized spacial score (nSPS) is 13.4. The first kappa shape index (κ1) is 25.3. The minimum absolute atomic E-state index is 0.0970. The van der Waals surface area contributed by atoms with E-state index in [0.717, 1.165) is 25.0 Å². The molecule has 3 heterocycles. The van der Waals surface area contributed by atoms with Gasteiger partial charge < -0.3 is 19.8 Å². The molecule has 10 heteroatoms. The van der Waals surface area contributed by atoms with Crippen molar-refractivity contribution in [1.82, 2.24) is 24.4 Å². The molecule has 2 N–H and O–H groups in total. The van der Waals surface area contributed by atoms with Gasteiger partial charge in [0.2, 0.25) is 11.8 Å². The number of carbonyl (C=O) groups excluding carboxylic acids is 2. The number of allylic oxidation sites excluding steroid dienone is 1. The molecule has 0 aromatic carbocycles. The minimum Gasteiger partial charge on any atom is -0.345 e. The number of hydrogen-bond donors (Lipinski definition) is 2. The van der Waals surface area contributed by atoms with Crippen LogP contribution in [0, 0.1) is 25.1 Å². The number of imidazole rings is 1. The highest BCUT2D eigenvalue weighted by atomic mass is 19.1. The summed E-state index contributed by atoms with van der Waals surface area (Å²) in [6.07, 6.45) is 9.81. The van der Waals surface area contributed by atoms with Gasteiger partial charge in [-0.1, -0.05) is 6.08 Å². The van der Waals surface area contributed by atoms with E-state index in [1.165, 1.54) is 28.2 Å². The Labute approximate surface area is 208 Å². The highest BCUT2D eigenvalue weighted by Crippen LogP contribution is 2.33. The van der Waals surface area contributed by atoms with Crippen molar-refractivity contribution in [2.75, 3.05) is 19.4 Å². The second kappa shape index (κ2) is 10.8. The summed E-state index contributed by atoms with van der Waals surface area (Å²) >= 11 is 0. The number of nitrogens with zero attached hydrogens (tertiary/aromatic N) is 4. The van der Waals surface area contributed by atoms with Crippen molar-refractivity contribution >= 4 is 28.5 Å². The smallest absolute Gasteiger partial charge is 0.274 e. The third-order valence-corrected chi connectivity index (χ3v) is 6.10. The molecule has 0 atom stereocenters. The number of amides is 2. The van der Waals surface area contributed by atoms with Gasteiger partial charge in [0.05, 0.1) is 30.4 Å². The molecule has 1 aliphatic carbocycles. The van der Waals surface area contributed by atoms with E-state index in [9.17, 15) is 18.8 Å². The number of H-pyrrole nitrogens is 1. The number of fused-ring (bicyclic) bond motifs is 1. The number of hydrogen-bond acceptors (Lipinski definition) is 5. The van der Waals surface area contributed by atoms with Crippen molar-refractivity contribution in [1.29, 1.82) is 0 Å². The van der Waals surface area contributed by atoms with Gasteiger partial charge in [-0.05, 0) is 63.2 Å². The quantitative estimate of drug-likeness (QED) is 0.333. The summed E-state index contributed by atoms with van der Waals surface area (Å²) in [6, 6.07) is 3.29. The maximum Gasteiger partial charge on any atom is 0.274 e. The predicted octanol–water partition coefficient (Wildman–Crippen LogP) is 3.14. The van der Waals surface area contributed by atoms with Crippen molar-refractivity contribution in [3.05, 3.63) is 70.3 Å². The molecule has 36 heavy (non-hydrogen) atoms. The number of anilines is 1. The average molecular weight is 494 g/mol. The van der Waals surface area contributed by atoms with E-state index < -0.39 is 11.7 Å². The van der Waals surface area contributed by atoms with Crippen LogP contribution < -0.4 is 10.9 Å². The van der Waals surface area contributed by atoms with Gasteiger partial charge in [0.1, 0.15) is 17.0 Å². The summed E-state index contributed by atoms with van der Waals surface area (Å²) in [5.74, 6) is -0.0167. The van der Waals surface area contributed by atoms with Crippen molar-refractivity contribution in [2.24, 2.45) is 5.92 Å². The lowest BCUT2D eigenvalue weighted by atomic mass is 10.2. The third kappa shape index (κ3) is 6.05. The SMILES string of the molecule is Cc1ccc(NC(=O)[CH]CC/C=C/C(=O)N(C)C)c(=O)n1Cc1nc2c(F)cnc(CC3CC3)c2[nH]1. The van der Waals surface area contributed by atoms with Crippen LogP contribution in [-0.4, -0.2) is 50.3 Å². The molecule has 3 aromatic rings.